The smallest absolute Gasteiger partial charge is 0.415 e. The molecule has 4 aromatic rings. The number of alkyl carbamates (subject to hydrolysis) is 1. The average Bonchev–Trinajstić information content (AvgIpc) is 3.17. The van der Waals surface area contributed by atoms with Crippen LogP contribution in [0.2, 0.25) is 5.02 Å². The third-order valence-electron chi connectivity index (χ3n) is 5.85. The zero-order valence-corrected chi connectivity index (χ0v) is 21.2. The molecule has 2 amide bonds. The van der Waals surface area contributed by atoms with Gasteiger partial charge in [0.1, 0.15) is 5.75 Å². The standard InChI is InChI=1S/C26H21ClN6O6/c1-26(21(34)30-24(36)39-26)15-33-23(35)31-22(32(25(33)37)14-16-5-7-17(27)8-6-16)29-18-9-11-19(12-10-18)38-20-4-2-3-13-28-20/h2-13H,14-15H2,1H3,(H,29,31,35)(H,30,34,36). The molecule has 1 atom stereocenters. The van der Waals surface area contributed by atoms with E-state index >= 15 is 0 Å². The maximum Gasteiger partial charge on any atom is 0.415 e. The molecule has 12 nitrogen and oxygen atoms in total. The van der Waals surface area contributed by atoms with Gasteiger partial charge in [-0.1, -0.05) is 29.8 Å². The molecule has 2 aromatic carbocycles. The van der Waals surface area contributed by atoms with Crippen molar-refractivity contribution in [3.8, 4) is 11.6 Å². The van der Waals surface area contributed by atoms with Gasteiger partial charge in [0.2, 0.25) is 17.4 Å². The molecule has 0 bridgehead atoms. The summed E-state index contributed by atoms with van der Waals surface area (Å²) in [4.78, 5) is 58.5. The maximum atomic E-state index is 13.6. The molecule has 2 N–H and O–H groups in total. The van der Waals surface area contributed by atoms with Crippen molar-refractivity contribution >= 4 is 35.2 Å². The number of hydrogen-bond donors (Lipinski definition) is 2. The van der Waals surface area contributed by atoms with Gasteiger partial charge in [0, 0.05) is 23.0 Å². The molecule has 1 fully saturated rings. The molecule has 2 aromatic heterocycles. The maximum absolute atomic E-state index is 13.6. The van der Waals surface area contributed by atoms with E-state index in [2.05, 4.69) is 15.3 Å². The molecular formula is C26H21ClN6O6. The lowest BCUT2D eigenvalue weighted by Gasteiger charge is -2.21. The fraction of sp³-hybridized carbons (Fsp3) is 0.154. The second-order valence-corrected chi connectivity index (χ2v) is 9.23. The fourth-order valence-electron chi connectivity index (χ4n) is 3.85. The van der Waals surface area contributed by atoms with Gasteiger partial charge in [-0.25, -0.2) is 23.9 Å². The SMILES string of the molecule is CC1(Cn2c(=O)nc(Nc3ccc(Oc4ccccn4)cc3)n(Cc3ccc(Cl)cc3)c2=O)OC(=O)NC1=O. The number of nitrogens with zero attached hydrogens (tertiary/aromatic N) is 4. The highest BCUT2D eigenvalue weighted by Gasteiger charge is 2.46. The van der Waals surface area contributed by atoms with Crippen LogP contribution in [-0.4, -0.2) is 36.7 Å². The number of benzene rings is 2. The summed E-state index contributed by atoms with van der Waals surface area (Å²) in [5.41, 5.74) is -2.22. The van der Waals surface area contributed by atoms with Crippen molar-refractivity contribution in [3.63, 3.8) is 0 Å². The summed E-state index contributed by atoms with van der Waals surface area (Å²) in [5.74, 6) is 0.153. The van der Waals surface area contributed by atoms with Crippen molar-refractivity contribution in [3.05, 3.63) is 104 Å². The summed E-state index contributed by atoms with van der Waals surface area (Å²) >= 11 is 6.00. The average molecular weight is 549 g/mol. The van der Waals surface area contributed by atoms with E-state index in [0.29, 0.717) is 27.9 Å². The molecule has 5 rings (SSSR count). The Bertz CT molecular complexity index is 1650. The Morgan fingerprint density at radius 3 is 2.38 bits per heavy atom. The Kier molecular flexibility index (Phi) is 6.86. The van der Waals surface area contributed by atoms with Crippen LogP contribution in [0.4, 0.5) is 16.4 Å². The topological polar surface area (TPSA) is 146 Å². The van der Waals surface area contributed by atoms with Crippen LogP contribution in [0, 0.1) is 0 Å². The summed E-state index contributed by atoms with van der Waals surface area (Å²) < 4.78 is 12.7. The second-order valence-electron chi connectivity index (χ2n) is 8.79. The van der Waals surface area contributed by atoms with Crippen LogP contribution < -0.4 is 26.7 Å². The van der Waals surface area contributed by atoms with E-state index in [1.165, 1.54) is 11.5 Å². The van der Waals surface area contributed by atoms with E-state index in [4.69, 9.17) is 21.1 Å². The van der Waals surface area contributed by atoms with Crippen LogP contribution in [0.3, 0.4) is 0 Å². The van der Waals surface area contributed by atoms with Crippen molar-refractivity contribution in [2.45, 2.75) is 25.6 Å². The Labute approximate surface area is 225 Å². The number of cyclic esters (lactones) is 1. The number of nitrogens with one attached hydrogen (secondary N) is 2. The quantitative estimate of drug-likeness (QED) is 0.339. The van der Waals surface area contributed by atoms with Crippen LogP contribution in [-0.2, 0) is 22.6 Å². The van der Waals surface area contributed by atoms with Crippen molar-refractivity contribution in [1.82, 2.24) is 24.4 Å². The van der Waals surface area contributed by atoms with Crippen LogP contribution in [0.1, 0.15) is 12.5 Å². The molecule has 1 aliphatic rings. The Morgan fingerprint density at radius 1 is 1.00 bits per heavy atom. The highest BCUT2D eigenvalue weighted by atomic mass is 35.5. The molecule has 1 aliphatic heterocycles. The largest absolute Gasteiger partial charge is 0.439 e. The van der Waals surface area contributed by atoms with Gasteiger partial charge in [0.05, 0.1) is 13.1 Å². The van der Waals surface area contributed by atoms with Gasteiger partial charge < -0.3 is 14.8 Å². The molecule has 198 valence electrons. The lowest BCUT2D eigenvalue weighted by atomic mass is 10.1. The summed E-state index contributed by atoms with van der Waals surface area (Å²) in [7, 11) is 0. The van der Waals surface area contributed by atoms with Crippen LogP contribution >= 0.6 is 11.6 Å². The molecular weight excluding hydrogens is 528 g/mol. The minimum absolute atomic E-state index is 0.0230. The zero-order valence-electron chi connectivity index (χ0n) is 20.5. The van der Waals surface area contributed by atoms with E-state index in [1.807, 2.05) is 5.32 Å². The molecule has 0 spiro atoms. The molecule has 1 unspecified atom stereocenters. The number of imide groups is 1. The van der Waals surface area contributed by atoms with Gasteiger partial charge in [-0.2, -0.15) is 4.98 Å². The van der Waals surface area contributed by atoms with Crippen LogP contribution in [0.5, 0.6) is 11.6 Å². The minimum atomic E-state index is -1.75. The van der Waals surface area contributed by atoms with Gasteiger partial charge >= 0.3 is 17.5 Å². The lowest BCUT2D eigenvalue weighted by molar-refractivity contribution is -0.131. The number of amides is 2. The monoisotopic (exact) mass is 548 g/mol. The summed E-state index contributed by atoms with van der Waals surface area (Å²) in [6.45, 7) is 0.814. The Morgan fingerprint density at radius 2 is 1.74 bits per heavy atom. The third-order valence-corrected chi connectivity index (χ3v) is 6.10. The summed E-state index contributed by atoms with van der Waals surface area (Å²) in [5, 5.41) is 5.52. The molecule has 1 saturated heterocycles. The highest BCUT2D eigenvalue weighted by Crippen LogP contribution is 2.23. The highest BCUT2D eigenvalue weighted by molar-refractivity contribution is 6.30. The van der Waals surface area contributed by atoms with E-state index in [1.54, 1.807) is 72.9 Å². The molecule has 3 heterocycles. The van der Waals surface area contributed by atoms with Gasteiger partial charge in [0.15, 0.2) is 0 Å². The first kappa shape index (κ1) is 25.7. The summed E-state index contributed by atoms with van der Waals surface area (Å²) in [6.07, 6.45) is 0.654. The van der Waals surface area contributed by atoms with E-state index in [0.717, 1.165) is 4.57 Å². The molecule has 39 heavy (non-hydrogen) atoms. The number of anilines is 2. The minimum Gasteiger partial charge on any atom is -0.439 e. The van der Waals surface area contributed by atoms with Crippen LogP contribution in [0.25, 0.3) is 0 Å². The van der Waals surface area contributed by atoms with Crippen molar-refractivity contribution in [2.75, 3.05) is 5.32 Å². The number of carbonyl (C=O) groups excluding carboxylic acids is 2. The van der Waals surface area contributed by atoms with Crippen molar-refractivity contribution in [2.24, 2.45) is 0 Å². The normalized spacial score (nSPS) is 16.5. The number of pyridine rings is 1. The van der Waals surface area contributed by atoms with Crippen molar-refractivity contribution in [1.29, 1.82) is 0 Å². The number of rotatable bonds is 8. The first-order chi connectivity index (χ1) is 18.7. The third kappa shape index (κ3) is 5.65. The van der Waals surface area contributed by atoms with E-state index < -0.39 is 35.5 Å². The first-order valence-electron chi connectivity index (χ1n) is 11.7. The lowest BCUT2D eigenvalue weighted by Crippen LogP contribution is -2.50. The van der Waals surface area contributed by atoms with Gasteiger partial charge in [0.25, 0.3) is 5.91 Å². The molecule has 0 aliphatic carbocycles. The van der Waals surface area contributed by atoms with Gasteiger partial charge in [-0.15, -0.1) is 0 Å². The number of carbonyl (C=O) groups is 2. The molecule has 0 radical (unpaired) electrons. The van der Waals surface area contributed by atoms with Gasteiger partial charge in [-0.3, -0.25) is 14.7 Å². The second kappa shape index (κ2) is 10.4. The number of aromatic nitrogens is 4. The molecule has 13 heteroatoms. The number of halogens is 1. The zero-order chi connectivity index (χ0) is 27.6. The van der Waals surface area contributed by atoms with Gasteiger partial charge in [-0.05, 0) is 55.0 Å². The van der Waals surface area contributed by atoms with E-state index in [9.17, 15) is 19.2 Å². The predicted octanol–water partition coefficient (Wildman–Crippen LogP) is 3.06. The molecule has 0 saturated carbocycles. The number of ether oxygens (including phenoxy) is 2. The Hall–Kier alpha value is -4.97. The first-order valence-corrected chi connectivity index (χ1v) is 12.0. The fourth-order valence-corrected chi connectivity index (χ4v) is 3.97. The number of hydrogen-bond acceptors (Lipinski definition) is 9. The summed E-state index contributed by atoms with van der Waals surface area (Å²) in [6, 6.07) is 18.8. The van der Waals surface area contributed by atoms with E-state index in [-0.39, 0.29) is 12.5 Å². The Balaban J connectivity index is 1.48. The predicted molar refractivity (Wildman–Crippen MR) is 140 cm³/mol. The van der Waals surface area contributed by atoms with Crippen LogP contribution in [0.15, 0.2) is 82.5 Å². The van der Waals surface area contributed by atoms with Crippen molar-refractivity contribution < 1.29 is 19.1 Å².